The molecule has 0 aliphatic rings. The van der Waals surface area contributed by atoms with Gasteiger partial charge in [0.05, 0.1) is 0 Å². The summed E-state index contributed by atoms with van der Waals surface area (Å²) in [5, 5.41) is 0. The molecule has 0 bridgehead atoms. The van der Waals surface area contributed by atoms with Crippen LogP contribution in [0.25, 0.3) is 0 Å². The molecule has 0 aliphatic heterocycles. The molecule has 0 rings (SSSR count). The van der Waals surface area contributed by atoms with Crippen LogP contribution in [-0.4, -0.2) is 100 Å². The smallest absolute Gasteiger partial charge is 0.305 e. The number of hydrogen-bond acceptors (Lipinski definition) is 10. The van der Waals surface area contributed by atoms with Gasteiger partial charge in [0, 0.05) is 51.9 Å². The molecule has 0 atom stereocenters. The molecule has 0 aromatic heterocycles. The highest BCUT2D eigenvalue weighted by molar-refractivity contribution is 5.71. The highest BCUT2D eigenvalue weighted by Gasteiger charge is 2.10. The lowest BCUT2D eigenvalue weighted by atomic mass is 10.0. The largest absolute Gasteiger partial charge is 0.464 e. The summed E-state index contributed by atoms with van der Waals surface area (Å²) in [5.74, 6) is -0.831. The summed E-state index contributed by atoms with van der Waals surface area (Å²) in [6.07, 6.45) is 35.9. The van der Waals surface area contributed by atoms with E-state index >= 15 is 0 Å². The van der Waals surface area contributed by atoms with E-state index in [0.29, 0.717) is 65.1 Å². The zero-order valence-electron chi connectivity index (χ0n) is 38.4. The number of ether oxygens (including phenoxy) is 4. The molecular formula is C48H92N2O8. The van der Waals surface area contributed by atoms with Crippen molar-refractivity contribution < 1.29 is 38.1 Å². The lowest BCUT2D eigenvalue weighted by Crippen LogP contribution is -2.28. The van der Waals surface area contributed by atoms with E-state index < -0.39 is 0 Å². The van der Waals surface area contributed by atoms with Crippen LogP contribution in [-0.2, 0) is 38.1 Å². The van der Waals surface area contributed by atoms with E-state index in [4.69, 9.17) is 18.9 Å². The Labute approximate surface area is 357 Å². The Morgan fingerprint density at radius 1 is 0.293 bits per heavy atom. The molecule has 342 valence electrons. The summed E-state index contributed by atoms with van der Waals surface area (Å²) in [6.45, 7) is 8.04. The maximum atomic E-state index is 12.1. The van der Waals surface area contributed by atoms with E-state index in [1.165, 1.54) is 141 Å². The molecule has 0 heterocycles. The number of carbonyl (C=O) groups excluding carboxylic acids is 4. The van der Waals surface area contributed by atoms with Gasteiger partial charge in [0.1, 0.15) is 26.4 Å². The molecule has 0 fully saturated rings. The van der Waals surface area contributed by atoms with E-state index in [2.05, 4.69) is 13.8 Å². The van der Waals surface area contributed by atoms with Gasteiger partial charge in [-0.25, -0.2) is 0 Å². The molecule has 0 N–H and O–H groups in total. The third-order valence-electron chi connectivity index (χ3n) is 10.9. The van der Waals surface area contributed by atoms with Gasteiger partial charge in [-0.15, -0.1) is 0 Å². The van der Waals surface area contributed by atoms with Crippen LogP contribution >= 0.6 is 0 Å². The highest BCUT2D eigenvalue weighted by Crippen LogP contribution is 2.15. The predicted molar refractivity (Wildman–Crippen MR) is 238 cm³/mol. The summed E-state index contributed by atoms with van der Waals surface area (Å²) in [6, 6.07) is 0. The number of unbranched alkanes of at least 4 members (excludes halogenated alkanes) is 25. The third-order valence-corrected chi connectivity index (χ3v) is 10.9. The fourth-order valence-corrected chi connectivity index (χ4v) is 6.89. The van der Waals surface area contributed by atoms with Crippen molar-refractivity contribution in [2.45, 2.75) is 219 Å². The Kier molecular flexibility index (Phi) is 42.7. The maximum Gasteiger partial charge on any atom is 0.305 e. The lowest BCUT2D eigenvalue weighted by Gasteiger charge is -2.16. The Balaban J connectivity index is 3.55. The molecule has 0 aromatic rings. The van der Waals surface area contributed by atoms with Crippen LogP contribution in [0.2, 0.25) is 0 Å². The Morgan fingerprint density at radius 2 is 0.466 bits per heavy atom. The molecule has 0 aliphatic carbocycles. The van der Waals surface area contributed by atoms with E-state index in [1.807, 2.05) is 23.9 Å². The fourth-order valence-electron chi connectivity index (χ4n) is 6.89. The lowest BCUT2D eigenvalue weighted by molar-refractivity contribution is -0.147. The van der Waals surface area contributed by atoms with Crippen LogP contribution in [0.3, 0.4) is 0 Å². The standard InChI is InChI=1S/C48H92N2O8/c1-5-7-9-11-13-15-17-19-21-23-25-27-29-33-45(51)55-41-37-49(3)39-43-57-47(53)35-31-32-36-48(54)58-44-40-50(4)38-42-56-46(52)34-30-28-26-24-22-20-18-16-14-12-10-8-6-2/h5-44H2,1-4H3. The van der Waals surface area contributed by atoms with Crippen LogP contribution in [0.5, 0.6) is 0 Å². The number of likely N-dealkylation sites (N-methyl/N-ethyl adjacent to an activating group) is 2. The second-order valence-corrected chi connectivity index (χ2v) is 16.7. The molecule has 0 saturated heterocycles. The van der Waals surface area contributed by atoms with Crippen molar-refractivity contribution >= 4 is 23.9 Å². The van der Waals surface area contributed by atoms with Crippen molar-refractivity contribution in [3.05, 3.63) is 0 Å². The second kappa shape index (κ2) is 44.4. The first-order valence-electron chi connectivity index (χ1n) is 24.3. The van der Waals surface area contributed by atoms with Crippen LogP contribution in [0.15, 0.2) is 0 Å². The number of esters is 4. The molecule has 0 aromatic carbocycles. The molecule has 58 heavy (non-hydrogen) atoms. The molecular weight excluding hydrogens is 733 g/mol. The zero-order valence-corrected chi connectivity index (χ0v) is 38.4. The van der Waals surface area contributed by atoms with E-state index in [9.17, 15) is 19.2 Å². The van der Waals surface area contributed by atoms with Gasteiger partial charge >= 0.3 is 23.9 Å². The van der Waals surface area contributed by atoms with Crippen molar-refractivity contribution in [2.75, 3.05) is 66.7 Å². The molecule has 0 unspecified atom stereocenters. The predicted octanol–water partition coefficient (Wildman–Crippen LogP) is 11.5. The third kappa shape index (κ3) is 43.4. The Hall–Kier alpha value is -2.20. The van der Waals surface area contributed by atoms with Gasteiger partial charge < -0.3 is 18.9 Å². The van der Waals surface area contributed by atoms with Crippen LogP contribution in [0.1, 0.15) is 219 Å². The molecule has 10 nitrogen and oxygen atoms in total. The quantitative estimate of drug-likeness (QED) is 0.0334. The van der Waals surface area contributed by atoms with Crippen LogP contribution in [0.4, 0.5) is 0 Å². The van der Waals surface area contributed by atoms with E-state index in [0.717, 1.165) is 25.7 Å². The minimum Gasteiger partial charge on any atom is -0.464 e. The molecule has 0 radical (unpaired) electrons. The fraction of sp³-hybridized carbons (Fsp3) is 0.917. The van der Waals surface area contributed by atoms with Gasteiger partial charge in [-0.3, -0.25) is 29.0 Å². The molecule has 0 spiro atoms. The minimum absolute atomic E-state index is 0.135. The number of nitrogens with zero attached hydrogens (tertiary/aromatic N) is 2. The van der Waals surface area contributed by atoms with Gasteiger partial charge in [-0.2, -0.15) is 0 Å². The SMILES string of the molecule is CCCCCCCCCCCCCCCC(=O)OCCN(C)CCOC(=O)CCCCC(=O)OCCN(C)CCOC(=O)CCCCCCCCCCCCCCC. The van der Waals surface area contributed by atoms with Crippen molar-refractivity contribution in [3.63, 3.8) is 0 Å². The van der Waals surface area contributed by atoms with E-state index in [1.54, 1.807) is 0 Å². The topological polar surface area (TPSA) is 112 Å². The molecule has 0 amide bonds. The van der Waals surface area contributed by atoms with Gasteiger partial charge in [0.2, 0.25) is 0 Å². The average molecular weight is 825 g/mol. The second-order valence-electron chi connectivity index (χ2n) is 16.7. The number of rotatable bonds is 45. The molecule has 10 heteroatoms. The van der Waals surface area contributed by atoms with Crippen molar-refractivity contribution in [1.82, 2.24) is 9.80 Å². The number of carbonyl (C=O) groups is 4. The summed E-state index contributed by atoms with van der Waals surface area (Å²) in [7, 11) is 3.82. The molecule has 0 saturated carbocycles. The van der Waals surface area contributed by atoms with Gasteiger partial charge in [0.15, 0.2) is 0 Å². The summed E-state index contributed by atoms with van der Waals surface area (Å²) in [5.41, 5.74) is 0. The van der Waals surface area contributed by atoms with Gasteiger partial charge in [0.25, 0.3) is 0 Å². The first-order chi connectivity index (χ1) is 28.3. The van der Waals surface area contributed by atoms with Crippen molar-refractivity contribution in [1.29, 1.82) is 0 Å². The van der Waals surface area contributed by atoms with Gasteiger partial charge in [-0.1, -0.05) is 168 Å². The average Bonchev–Trinajstić information content (AvgIpc) is 3.20. The first-order valence-corrected chi connectivity index (χ1v) is 24.3. The summed E-state index contributed by atoms with van der Waals surface area (Å²) < 4.78 is 21.4. The van der Waals surface area contributed by atoms with Crippen molar-refractivity contribution in [2.24, 2.45) is 0 Å². The maximum absolute atomic E-state index is 12.1. The highest BCUT2D eigenvalue weighted by atomic mass is 16.5. The Bertz CT molecular complexity index is 875. The first kappa shape index (κ1) is 55.8. The minimum atomic E-state index is -0.280. The van der Waals surface area contributed by atoms with Crippen LogP contribution in [0, 0.1) is 0 Å². The monoisotopic (exact) mass is 825 g/mol. The summed E-state index contributed by atoms with van der Waals surface area (Å²) >= 11 is 0. The van der Waals surface area contributed by atoms with Crippen LogP contribution < -0.4 is 0 Å². The Morgan fingerprint density at radius 3 is 0.672 bits per heavy atom. The van der Waals surface area contributed by atoms with Gasteiger partial charge in [-0.05, 0) is 39.8 Å². The zero-order chi connectivity index (χ0) is 42.6. The summed E-state index contributed by atoms with van der Waals surface area (Å²) in [4.78, 5) is 52.3. The number of hydrogen-bond donors (Lipinski definition) is 0. The van der Waals surface area contributed by atoms with E-state index in [-0.39, 0.29) is 49.9 Å². The van der Waals surface area contributed by atoms with Crippen molar-refractivity contribution in [3.8, 4) is 0 Å². The normalized spacial score (nSPS) is 11.3.